The molecule has 1 aromatic carbocycles. The van der Waals surface area contributed by atoms with Crippen molar-refractivity contribution in [1.29, 1.82) is 0 Å². The first-order valence-corrected chi connectivity index (χ1v) is 7.18. The number of anilines is 1. The smallest absolute Gasteiger partial charge is 0.165 e. The molecule has 1 N–H and O–H groups in total. The van der Waals surface area contributed by atoms with Crippen molar-refractivity contribution in [3.05, 3.63) is 47.7 Å². The molecule has 0 saturated carbocycles. The highest BCUT2D eigenvalue weighted by Crippen LogP contribution is 2.30. The number of halogens is 1. The first-order chi connectivity index (χ1) is 10.7. The molecule has 2 aromatic rings. The first kappa shape index (κ1) is 19.1. The molecule has 0 unspecified atom stereocenters. The van der Waals surface area contributed by atoms with Gasteiger partial charge in [-0.25, -0.2) is 4.98 Å². The lowest BCUT2D eigenvalue weighted by molar-refractivity contribution is 0.350. The van der Waals surface area contributed by atoms with Gasteiger partial charge < -0.3 is 19.7 Å². The molecule has 0 aliphatic heterocycles. The molecule has 23 heavy (non-hydrogen) atoms. The van der Waals surface area contributed by atoms with Crippen LogP contribution in [0.2, 0.25) is 0 Å². The third-order valence-electron chi connectivity index (χ3n) is 3.40. The number of benzene rings is 1. The number of hydrogen-bond donors (Lipinski definition) is 1. The zero-order valence-electron chi connectivity index (χ0n) is 14.0. The third-order valence-corrected chi connectivity index (χ3v) is 3.40. The molecule has 0 saturated heterocycles. The Morgan fingerprint density at radius 3 is 2.52 bits per heavy atom. The van der Waals surface area contributed by atoms with Crippen LogP contribution >= 0.6 is 12.4 Å². The van der Waals surface area contributed by atoms with E-state index in [0.717, 1.165) is 29.4 Å². The van der Waals surface area contributed by atoms with Crippen molar-refractivity contribution in [2.45, 2.75) is 13.1 Å². The van der Waals surface area contributed by atoms with Crippen LogP contribution in [0.5, 0.6) is 11.5 Å². The van der Waals surface area contributed by atoms with Crippen molar-refractivity contribution in [1.82, 2.24) is 10.3 Å². The Morgan fingerprint density at radius 2 is 1.87 bits per heavy atom. The summed E-state index contributed by atoms with van der Waals surface area (Å²) in [6, 6.07) is 9.99. The molecule has 0 spiro atoms. The maximum atomic E-state index is 5.44. The van der Waals surface area contributed by atoms with Gasteiger partial charge in [-0.15, -0.1) is 12.4 Å². The van der Waals surface area contributed by atoms with Crippen LogP contribution in [0.1, 0.15) is 11.1 Å². The van der Waals surface area contributed by atoms with E-state index in [4.69, 9.17) is 9.47 Å². The second kappa shape index (κ2) is 9.22. The Labute approximate surface area is 144 Å². The molecule has 0 aliphatic carbocycles. The maximum absolute atomic E-state index is 5.44. The number of para-hydroxylation sites is 1. The molecule has 126 valence electrons. The molecule has 0 aliphatic rings. The van der Waals surface area contributed by atoms with Gasteiger partial charge in [-0.05, 0) is 23.8 Å². The van der Waals surface area contributed by atoms with Gasteiger partial charge in [0, 0.05) is 38.9 Å². The van der Waals surface area contributed by atoms with Gasteiger partial charge in [0.05, 0.1) is 14.2 Å². The van der Waals surface area contributed by atoms with Crippen LogP contribution in [0.15, 0.2) is 36.5 Å². The lowest BCUT2D eigenvalue weighted by atomic mass is 10.1. The van der Waals surface area contributed by atoms with Crippen molar-refractivity contribution >= 4 is 18.2 Å². The van der Waals surface area contributed by atoms with Gasteiger partial charge in [0.1, 0.15) is 5.82 Å². The van der Waals surface area contributed by atoms with E-state index in [2.05, 4.69) is 16.4 Å². The summed E-state index contributed by atoms with van der Waals surface area (Å²) in [5.74, 6) is 2.49. The predicted octanol–water partition coefficient (Wildman–Crippen LogP) is 2.88. The number of pyridine rings is 1. The minimum Gasteiger partial charge on any atom is -0.493 e. The molecular weight excluding hydrogens is 314 g/mol. The van der Waals surface area contributed by atoms with Crippen LogP contribution in [0.4, 0.5) is 5.82 Å². The third kappa shape index (κ3) is 5.01. The van der Waals surface area contributed by atoms with Crippen LogP contribution < -0.4 is 19.7 Å². The lowest BCUT2D eigenvalue weighted by Gasteiger charge is -2.14. The fourth-order valence-electron chi connectivity index (χ4n) is 2.25. The van der Waals surface area contributed by atoms with Crippen molar-refractivity contribution in [2.75, 3.05) is 33.2 Å². The largest absolute Gasteiger partial charge is 0.493 e. The summed E-state index contributed by atoms with van der Waals surface area (Å²) >= 11 is 0. The molecular formula is C17H24ClN3O2. The monoisotopic (exact) mass is 337 g/mol. The summed E-state index contributed by atoms with van der Waals surface area (Å²) in [6.07, 6.45) is 1.83. The average Bonchev–Trinajstić information content (AvgIpc) is 2.54. The van der Waals surface area contributed by atoms with Crippen molar-refractivity contribution < 1.29 is 9.47 Å². The van der Waals surface area contributed by atoms with Crippen molar-refractivity contribution in [3.8, 4) is 11.5 Å². The maximum Gasteiger partial charge on any atom is 0.165 e. The summed E-state index contributed by atoms with van der Waals surface area (Å²) in [5.41, 5.74) is 2.27. The molecule has 0 radical (unpaired) electrons. The molecule has 2 rings (SSSR count). The highest BCUT2D eigenvalue weighted by Gasteiger charge is 2.08. The molecule has 6 heteroatoms. The van der Waals surface area contributed by atoms with Crippen LogP contribution in [-0.2, 0) is 13.1 Å². The fraction of sp³-hybridized carbons (Fsp3) is 0.353. The number of ether oxygens (including phenoxy) is 2. The number of rotatable bonds is 7. The van der Waals surface area contributed by atoms with Crippen molar-refractivity contribution in [2.24, 2.45) is 0 Å². The quantitative estimate of drug-likeness (QED) is 0.841. The van der Waals surface area contributed by atoms with Crippen LogP contribution in [-0.4, -0.2) is 33.3 Å². The Kier molecular flexibility index (Phi) is 7.65. The number of methoxy groups -OCH3 is 2. The highest BCUT2D eigenvalue weighted by molar-refractivity contribution is 5.85. The van der Waals surface area contributed by atoms with Crippen LogP contribution in [0, 0.1) is 0 Å². The topological polar surface area (TPSA) is 46.6 Å². The summed E-state index contributed by atoms with van der Waals surface area (Å²) < 4.78 is 10.8. The number of nitrogens with zero attached hydrogens (tertiary/aromatic N) is 2. The van der Waals surface area contributed by atoms with Gasteiger partial charge in [0.25, 0.3) is 0 Å². The minimum atomic E-state index is 0. The summed E-state index contributed by atoms with van der Waals surface area (Å²) in [4.78, 5) is 6.31. The Morgan fingerprint density at radius 1 is 1.09 bits per heavy atom. The van der Waals surface area contributed by atoms with Crippen LogP contribution in [0.3, 0.4) is 0 Å². The van der Waals surface area contributed by atoms with E-state index >= 15 is 0 Å². The van der Waals surface area contributed by atoms with E-state index in [-0.39, 0.29) is 12.4 Å². The lowest BCUT2D eigenvalue weighted by Crippen LogP contribution is -2.15. The summed E-state index contributed by atoms with van der Waals surface area (Å²) in [7, 11) is 7.28. The van der Waals surface area contributed by atoms with Gasteiger partial charge in [0.15, 0.2) is 11.5 Å². The van der Waals surface area contributed by atoms with E-state index in [0.29, 0.717) is 6.54 Å². The zero-order chi connectivity index (χ0) is 15.9. The van der Waals surface area contributed by atoms with Crippen molar-refractivity contribution in [3.63, 3.8) is 0 Å². The average molecular weight is 338 g/mol. The SMILES string of the molecule is COc1cccc(CNCc2ccnc(N(C)C)c2)c1OC.Cl. The summed E-state index contributed by atoms with van der Waals surface area (Å²) in [6.45, 7) is 1.48. The molecule has 5 nitrogen and oxygen atoms in total. The van der Waals surface area contributed by atoms with Crippen LogP contribution in [0.25, 0.3) is 0 Å². The van der Waals surface area contributed by atoms with Gasteiger partial charge >= 0.3 is 0 Å². The predicted molar refractivity (Wildman–Crippen MR) is 95.9 cm³/mol. The number of nitrogens with one attached hydrogen (secondary N) is 1. The minimum absolute atomic E-state index is 0. The van der Waals surface area contributed by atoms with Gasteiger partial charge in [-0.3, -0.25) is 0 Å². The molecule has 1 heterocycles. The molecule has 1 aromatic heterocycles. The molecule has 0 fully saturated rings. The van der Waals surface area contributed by atoms with E-state index < -0.39 is 0 Å². The van der Waals surface area contributed by atoms with E-state index in [1.165, 1.54) is 5.56 Å². The van der Waals surface area contributed by atoms with Gasteiger partial charge in [0.2, 0.25) is 0 Å². The molecule has 0 bridgehead atoms. The Hall–Kier alpha value is -1.98. The van der Waals surface area contributed by atoms with Gasteiger partial charge in [-0.1, -0.05) is 12.1 Å². The molecule has 0 atom stereocenters. The standard InChI is InChI=1S/C17H23N3O2.ClH/c1-20(2)16-10-13(8-9-19-16)11-18-12-14-6-5-7-15(21-3)17(14)22-4;/h5-10,18H,11-12H2,1-4H3;1H. The van der Waals surface area contributed by atoms with E-state index in [1.54, 1.807) is 14.2 Å². The number of aromatic nitrogens is 1. The molecule has 0 amide bonds. The summed E-state index contributed by atoms with van der Waals surface area (Å²) in [5, 5.41) is 3.43. The normalized spacial score (nSPS) is 9.91. The first-order valence-electron chi connectivity index (χ1n) is 7.18. The zero-order valence-corrected chi connectivity index (χ0v) is 14.8. The van der Waals surface area contributed by atoms with E-state index in [1.807, 2.05) is 49.5 Å². The van der Waals surface area contributed by atoms with E-state index in [9.17, 15) is 0 Å². The second-order valence-electron chi connectivity index (χ2n) is 5.17. The second-order valence-corrected chi connectivity index (χ2v) is 5.17. The highest BCUT2D eigenvalue weighted by atomic mass is 35.5. The Balaban J connectivity index is 0.00000264. The fourth-order valence-corrected chi connectivity index (χ4v) is 2.25. The number of hydrogen-bond acceptors (Lipinski definition) is 5. The Bertz CT molecular complexity index is 621. The van der Waals surface area contributed by atoms with Gasteiger partial charge in [-0.2, -0.15) is 0 Å².